The van der Waals surface area contributed by atoms with Crippen molar-refractivity contribution in [2.24, 2.45) is 5.92 Å². The maximum atomic E-state index is 13.0. The topological polar surface area (TPSA) is 79.4 Å². The average Bonchev–Trinajstić information content (AvgIpc) is 2.60. The number of carbonyl (C=O) groups excluding carboxylic acids is 3. The minimum absolute atomic E-state index is 0.221. The lowest BCUT2D eigenvalue weighted by Gasteiger charge is -2.40. The predicted octanol–water partition coefficient (Wildman–Crippen LogP) is 1.29. The smallest absolute Gasteiger partial charge is 0.411 e. The molecule has 0 radical (unpaired) electrons. The normalized spacial score (nSPS) is 23.7. The van der Waals surface area contributed by atoms with Gasteiger partial charge in [0.2, 0.25) is 5.91 Å². The molecule has 160 valence electrons. The van der Waals surface area contributed by atoms with Gasteiger partial charge < -0.3 is 14.4 Å². The van der Waals surface area contributed by atoms with E-state index in [0.717, 1.165) is 0 Å². The van der Waals surface area contributed by atoms with E-state index in [-0.39, 0.29) is 5.91 Å². The zero-order valence-corrected chi connectivity index (χ0v) is 17.4. The molecule has 2 aliphatic heterocycles. The monoisotopic (exact) mass is 401 g/mol. The highest BCUT2D eigenvalue weighted by molar-refractivity contribution is 5.90. The largest absolute Gasteiger partial charge is 0.467 e. The lowest BCUT2D eigenvalue weighted by molar-refractivity contribution is -0.156. The van der Waals surface area contributed by atoms with Gasteiger partial charge >= 0.3 is 12.1 Å². The first-order valence-electron chi connectivity index (χ1n) is 9.72. The Hall–Kier alpha value is -1.90. The van der Waals surface area contributed by atoms with Crippen LogP contribution in [0.25, 0.3) is 0 Å². The number of nitrogens with zero attached hydrogens (tertiary/aromatic N) is 3. The SMILES string of the molecule is COC(=O)C1C(C(=O)N(C)CCN2CC(F)C2)CCCN1C(=O)OC(C)(C)C. The summed E-state index contributed by atoms with van der Waals surface area (Å²) < 4.78 is 23.2. The number of carbonyl (C=O) groups is 3. The van der Waals surface area contributed by atoms with Crippen LogP contribution in [0, 0.1) is 5.92 Å². The number of ether oxygens (including phenoxy) is 2. The van der Waals surface area contributed by atoms with E-state index in [2.05, 4.69) is 0 Å². The quantitative estimate of drug-likeness (QED) is 0.646. The molecule has 0 N–H and O–H groups in total. The van der Waals surface area contributed by atoms with Crippen molar-refractivity contribution in [3.8, 4) is 0 Å². The summed E-state index contributed by atoms with van der Waals surface area (Å²) in [7, 11) is 2.91. The first-order valence-corrected chi connectivity index (χ1v) is 9.72. The van der Waals surface area contributed by atoms with Crippen molar-refractivity contribution >= 4 is 18.0 Å². The Morgan fingerprint density at radius 3 is 2.39 bits per heavy atom. The van der Waals surface area contributed by atoms with E-state index in [9.17, 15) is 18.8 Å². The molecule has 28 heavy (non-hydrogen) atoms. The van der Waals surface area contributed by atoms with Crippen molar-refractivity contribution in [2.45, 2.75) is 51.4 Å². The molecule has 2 rings (SSSR count). The molecule has 0 spiro atoms. The number of methoxy groups -OCH3 is 1. The molecular formula is C19H32FN3O5. The molecule has 0 aromatic rings. The number of hydrogen-bond donors (Lipinski definition) is 0. The average molecular weight is 401 g/mol. The van der Waals surface area contributed by atoms with Crippen LogP contribution in [0.3, 0.4) is 0 Å². The maximum absolute atomic E-state index is 13.0. The fraction of sp³-hybridized carbons (Fsp3) is 0.842. The summed E-state index contributed by atoms with van der Waals surface area (Å²) in [5.74, 6) is -1.54. The molecule has 2 fully saturated rings. The van der Waals surface area contributed by atoms with Gasteiger partial charge in [0.1, 0.15) is 17.8 Å². The van der Waals surface area contributed by atoms with Crippen LogP contribution in [-0.2, 0) is 19.1 Å². The highest BCUT2D eigenvalue weighted by Crippen LogP contribution is 2.28. The van der Waals surface area contributed by atoms with Crippen molar-refractivity contribution in [1.82, 2.24) is 14.7 Å². The molecule has 2 amide bonds. The highest BCUT2D eigenvalue weighted by Gasteiger charge is 2.45. The Kier molecular flexibility index (Phi) is 7.25. The lowest BCUT2D eigenvalue weighted by atomic mass is 9.88. The van der Waals surface area contributed by atoms with E-state index in [0.29, 0.717) is 45.6 Å². The van der Waals surface area contributed by atoms with E-state index < -0.39 is 35.8 Å². The van der Waals surface area contributed by atoms with Crippen LogP contribution in [0.15, 0.2) is 0 Å². The van der Waals surface area contributed by atoms with Gasteiger partial charge in [0.05, 0.1) is 13.0 Å². The zero-order valence-electron chi connectivity index (χ0n) is 17.4. The molecule has 0 bridgehead atoms. The van der Waals surface area contributed by atoms with Gasteiger partial charge in [-0.15, -0.1) is 0 Å². The van der Waals surface area contributed by atoms with Crippen molar-refractivity contribution in [3.05, 3.63) is 0 Å². The second-order valence-corrected chi connectivity index (χ2v) is 8.51. The van der Waals surface area contributed by atoms with Gasteiger partial charge in [0.15, 0.2) is 0 Å². The van der Waals surface area contributed by atoms with Crippen LogP contribution in [0.2, 0.25) is 0 Å². The summed E-state index contributed by atoms with van der Waals surface area (Å²) in [6, 6.07) is -1.01. The molecule has 2 heterocycles. The van der Waals surface area contributed by atoms with Crippen LogP contribution < -0.4 is 0 Å². The first-order chi connectivity index (χ1) is 13.0. The van der Waals surface area contributed by atoms with Crippen LogP contribution >= 0.6 is 0 Å². The number of halogens is 1. The molecular weight excluding hydrogens is 369 g/mol. The zero-order chi connectivity index (χ0) is 21.1. The summed E-state index contributed by atoms with van der Waals surface area (Å²) >= 11 is 0. The summed E-state index contributed by atoms with van der Waals surface area (Å²) in [5, 5.41) is 0. The predicted molar refractivity (Wildman–Crippen MR) is 100 cm³/mol. The molecule has 0 aliphatic carbocycles. The molecule has 2 saturated heterocycles. The Morgan fingerprint density at radius 1 is 1.21 bits per heavy atom. The summed E-state index contributed by atoms with van der Waals surface area (Å²) in [5.41, 5.74) is -0.711. The van der Waals surface area contributed by atoms with Crippen LogP contribution in [0.1, 0.15) is 33.6 Å². The van der Waals surface area contributed by atoms with Gasteiger partial charge in [-0.05, 0) is 33.6 Å². The molecule has 2 unspecified atom stereocenters. The Labute approximate surface area is 165 Å². The van der Waals surface area contributed by atoms with Crippen molar-refractivity contribution in [3.63, 3.8) is 0 Å². The summed E-state index contributed by atoms with van der Waals surface area (Å²) in [6.45, 7) is 7.36. The van der Waals surface area contributed by atoms with Gasteiger partial charge in [0, 0.05) is 39.8 Å². The minimum atomic E-state index is -1.01. The Balaban J connectivity index is 2.07. The molecule has 9 heteroatoms. The molecule has 0 saturated carbocycles. The first kappa shape index (κ1) is 22.4. The van der Waals surface area contributed by atoms with Crippen LogP contribution in [0.4, 0.5) is 9.18 Å². The second kappa shape index (κ2) is 9.07. The van der Waals surface area contributed by atoms with E-state index in [1.165, 1.54) is 12.0 Å². The lowest BCUT2D eigenvalue weighted by Crippen LogP contribution is -2.58. The number of piperidine rings is 1. The Morgan fingerprint density at radius 2 is 1.86 bits per heavy atom. The van der Waals surface area contributed by atoms with E-state index in [4.69, 9.17) is 9.47 Å². The number of likely N-dealkylation sites (tertiary alicyclic amines) is 2. The van der Waals surface area contributed by atoms with Gasteiger partial charge in [-0.3, -0.25) is 14.6 Å². The highest BCUT2D eigenvalue weighted by atomic mass is 19.1. The number of hydrogen-bond acceptors (Lipinski definition) is 6. The van der Waals surface area contributed by atoms with Crippen molar-refractivity contribution in [2.75, 3.05) is 46.9 Å². The van der Waals surface area contributed by atoms with Crippen molar-refractivity contribution < 1.29 is 28.2 Å². The molecule has 2 atom stereocenters. The molecule has 2 aliphatic rings. The molecule has 0 aromatic heterocycles. The number of likely N-dealkylation sites (N-methyl/N-ethyl adjacent to an activating group) is 1. The number of rotatable bonds is 5. The third kappa shape index (κ3) is 5.56. The molecule has 8 nitrogen and oxygen atoms in total. The third-order valence-corrected chi connectivity index (χ3v) is 5.06. The fourth-order valence-corrected chi connectivity index (χ4v) is 3.57. The van der Waals surface area contributed by atoms with Crippen LogP contribution in [-0.4, -0.2) is 97.4 Å². The van der Waals surface area contributed by atoms with Gasteiger partial charge in [-0.1, -0.05) is 0 Å². The number of alkyl halides is 1. The van der Waals surface area contributed by atoms with E-state index >= 15 is 0 Å². The Bertz CT molecular complexity index is 589. The summed E-state index contributed by atoms with van der Waals surface area (Å²) in [6.07, 6.45) is -0.339. The van der Waals surface area contributed by atoms with Gasteiger partial charge in [-0.25, -0.2) is 14.0 Å². The number of amides is 2. The van der Waals surface area contributed by atoms with E-state index in [1.807, 2.05) is 4.90 Å². The van der Waals surface area contributed by atoms with E-state index in [1.54, 1.807) is 32.7 Å². The van der Waals surface area contributed by atoms with Gasteiger partial charge in [0.25, 0.3) is 0 Å². The second-order valence-electron chi connectivity index (χ2n) is 8.51. The standard InChI is InChI=1S/C19H32FN3O5/c1-19(2,3)28-18(26)23-8-6-7-14(15(23)17(25)27-5)16(24)21(4)9-10-22-11-13(20)12-22/h13-15H,6-12H2,1-5H3. The molecule has 0 aromatic carbocycles. The summed E-state index contributed by atoms with van der Waals surface area (Å²) in [4.78, 5) is 42.8. The van der Waals surface area contributed by atoms with Crippen LogP contribution in [0.5, 0.6) is 0 Å². The minimum Gasteiger partial charge on any atom is -0.467 e. The number of esters is 1. The maximum Gasteiger partial charge on any atom is 0.411 e. The van der Waals surface area contributed by atoms with Gasteiger partial charge in [-0.2, -0.15) is 0 Å². The van der Waals surface area contributed by atoms with Crippen molar-refractivity contribution in [1.29, 1.82) is 0 Å². The third-order valence-electron chi connectivity index (χ3n) is 5.06. The fourth-order valence-electron chi connectivity index (χ4n) is 3.57.